The van der Waals surface area contributed by atoms with Crippen LogP contribution in [-0.2, 0) is 21.9 Å². The van der Waals surface area contributed by atoms with E-state index in [9.17, 15) is 49.1 Å². The van der Waals surface area contributed by atoms with E-state index in [1.807, 2.05) is 0 Å². The van der Waals surface area contributed by atoms with Crippen LogP contribution < -0.4 is 5.32 Å². The average molecular weight is 397 g/mol. The first kappa shape index (κ1) is 21.6. The van der Waals surface area contributed by atoms with Crippen molar-refractivity contribution in [3.8, 4) is 0 Å². The van der Waals surface area contributed by atoms with E-state index in [4.69, 9.17) is 0 Å². The molecule has 26 heavy (non-hydrogen) atoms. The van der Waals surface area contributed by atoms with Gasteiger partial charge in [0.05, 0.1) is 16.7 Å². The number of hydrogen-bond acceptors (Lipinski definition) is 3. The lowest BCUT2D eigenvalue weighted by Crippen LogP contribution is -2.36. The number of hydrogen-bond donors (Lipinski definition) is 1. The van der Waals surface area contributed by atoms with Gasteiger partial charge >= 0.3 is 24.5 Å². The van der Waals surface area contributed by atoms with Gasteiger partial charge in [0.25, 0.3) is 5.91 Å². The van der Waals surface area contributed by atoms with Crippen molar-refractivity contribution < 1.29 is 53.8 Å². The summed E-state index contributed by atoms with van der Waals surface area (Å²) in [7, 11) is 0. The standard InChI is InChI=1S/C13H8F9NO3/c14-11(15,16)5-23-9(24)4-26-10(25)6-1-7(12(17,18)19)3-8(2-6)13(20,21)22/h1-3H,4-5H2,(H,23,24). The van der Waals surface area contributed by atoms with Crippen LogP contribution >= 0.6 is 0 Å². The van der Waals surface area contributed by atoms with Gasteiger partial charge < -0.3 is 10.1 Å². The Morgan fingerprint density at radius 3 is 1.69 bits per heavy atom. The normalized spacial score (nSPS) is 12.7. The van der Waals surface area contributed by atoms with Crippen LogP contribution in [0.3, 0.4) is 0 Å². The number of amides is 1. The van der Waals surface area contributed by atoms with Crippen LogP contribution in [0, 0.1) is 0 Å². The fourth-order valence-corrected chi connectivity index (χ4v) is 1.54. The van der Waals surface area contributed by atoms with Crippen molar-refractivity contribution in [2.45, 2.75) is 18.5 Å². The van der Waals surface area contributed by atoms with Gasteiger partial charge in [0.2, 0.25) is 0 Å². The first-order valence-corrected chi connectivity index (χ1v) is 6.39. The molecule has 0 aromatic heterocycles. The zero-order valence-electron chi connectivity index (χ0n) is 12.3. The molecule has 1 N–H and O–H groups in total. The molecule has 0 unspecified atom stereocenters. The molecule has 0 aliphatic rings. The fourth-order valence-electron chi connectivity index (χ4n) is 1.54. The lowest BCUT2D eigenvalue weighted by molar-refractivity contribution is -0.143. The molecule has 0 spiro atoms. The van der Waals surface area contributed by atoms with Crippen molar-refractivity contribution in [1.82, 2.24) is 5.32 Å². The molecule has 146 valence electrons. The monoisotopic (exact) mass is 397 g/mol. The zero-order chi connectivity index (χ0) is 20.3. The van der Waals surface area contributed by atoms with Gasteiger partial charge in [-0.2, -0.15) is 39.5 Å². The second kappa shape index (κ2) is 7.41. The zero-order valence-corrected chi connectivity index (χ0v) is 12.3. The number of halogens is 9. The molecule has 0 aliphatic carbocycles. The Kier molecular flexibility index (Phi) is 6.15. The molecule has 1 amide bonds. The molecule has 0 aliphatic heterocycles. The highest BCUT2D eigenvalue weighted by atomic mass is 19.4. The summed E-state index contributed by atoms with van der Waals surface area (Å²) in [5.41, 5.74) is -4.75. The molecule has 0 bridgehead atoms. The van der Waals surface area contributed by atoms with Crippen LogP contribution in [0.15, 0.2) is 18.2 Å². The molecule has 0 atom stereocenters. The van der Waals surface area contributed by atoms with Crippen LogP contribution in [0.25, 0.3) is 0 Å². The molecule has 0 radical (unpaired) electrons. The maximum absolute atomic E-state index is 12.6. The van der Waals surface area contributed by atoms with E-state index >= 15 is 0 Å². The largest absolute Gasteiger partial charge is 0.452 e. The minimum absolute atomic E-state index is 0.0607. The highest BCUT2D eigenvalue weighted by molar-refractivity contribution is 5.91. The third-order valence-corrected chi connectivity index (χ3v) is 2.64. The summed E-state index contributed by atoms with van der Waals surface area (Å²) >= 11 is 0. The van der Waals surface area contributed by atoms with Crippen LogP contribution in [-0.4, -0.2) is 31.2 Å². The lowest BCUT2D eigenvalue weighted by Gasteiger charge is -2.14. The second-order valence-electron chi connectivity index (χ2n) is 4.76. The van der Waals surface area contributed by atoms with Gasteiger partial charge in [-0.3, -0.25) is 4.79 Å². The molecule has 0 fully saturated rings. The highest BCUT2D eigenvalue weighted by Crippen LogP contribution is 2.36. The van der Waals surface area contributed by atoms with Crippen molar-refractivity contribution in [2.24, 2.45) is 0 Å². The summed E-state index contributed by atoms with van der Waals surface area (Å²) < 4.78 is 116. The molecule has 1 rings (SSSR count). The second-order valence-corrected chi connectivity index (χ2v) is 4.76. The molecule has 1 aromatic carbocycles. The molecule has 4 nitrogen and oxygen atoms in total. The first-order chi connectivity index (χ1) is 11.6. The Labute approximate surface area is 138 Å². The Morgan fingerprint density at radius 2 is 1.31 bits per heavy atom. The number of carbonyl (C=O) groups is 2. The fraction of sp³-hybridized carbons (Fsp3) is 0.385. The molecule has 13 heteroatoms. The SMILES string of the molecule is O=C(COC(=O)c1cc(C(F)(F)F)cc(C(F)(F)F)c1)NCC(F)(F)F. The van der Waals surface area contributed by atoms with Crippen LogP contribution in [0.2, 0.25) is 0 Å². The van der Waals surface area contributed by atoms with E-state index in [1.165, 1.54) is 5.32 Å². The van der Waals surface area contributed by atoms with E-state index in [0.29, 0.717) is 0 Å². The number of nitrogens with one attached hydrogen (secondary N) is 1. The molecule has 0 heterocycles. The van der Waals surface area contributed by atoms with Crippen LogP contribution in [0.4, 0.5) is 39.5 Å². The third-order valence-electron chi connectivity index (χ3n) is 2.64. The Balaban J connectivity index is 2.93. The molecular weight excluding hydrogens is 389 g/mol. The smallest absolute Gasteiger partial charge is 0.416 e. The van der Waals surface area contributed by atoms with Crippen molar-refractivity contribution in [2.75, 3.05) is 13.2 Å². The van der Waals surface area contributed by atoms with Crippen LogP contribution in [0.1, 0.15) is 21.5 Å². The quantitative estimate of drug-likeness (QED) is 0.625. The molecule has 0 saturated carbocycles. The van der Waals surface area contributed by atoms with Crippen molar-refractivity contribution in [3.05, 3.63) is 34.9 Å². The summed E-state index contributed by atoms with van der Waals surface area (Å²) in [4.78, 5) is 22.6. The van der Waals surface area contributed by atoms with E-state index in [1.54, 1.807) is 0 Å². The third kappa shape index (κ3) is 6.80. The summed E-state index contributed by atoms with van der Waals surface area (Å²) in [6, 6.07) is -0.108. The van der Waals surface area contributed by atoms with E-state index in [0.717, 1.165) is 0 Å². The minimum Gasteiger partial charge on any atom is -0.452 e. The topological polar surface area (TPSA) is 55.4 Å². The predicted molar refractivity (Wildman–Crippen MR) is 65.8 cm³/mol. The van der Waals surface area contributed by atoms with Gasteiger partial charge in [0.1, 0.15) is 6.54 Å². The molecular formula is C13H8F9NO3. The van der Waals surface area contributed by atoms with Gasteiger partial charge in [0, 0.05) is 0 Å². The minimum atomic E-state index is -5.21. The number of ether oxygens (including phenoxy) is 1. The van der Waals surface area contributed by atoms with E-state index in [-0.39, 0.29) is 18.2 Å². The predicted octanol–water partition coefficient (Wildman–Crippen LogP) is 3.56. The molecule has 1 aromatic rings. The maximum Gasteiger partial charge on any atom is 0.416 e. The van der Waals surface area contributed by atoms with Gasteiger partial charge in [-0.15, -0.1) is 0 Å². The summed E-state index contributed by atoms with van der Waals surface area (Å²) in [6.07, 6.45) is -15.2. The summed E-state index contributed by atoms with van der Waals surface area (Å²) in [5.74, 6) is -3.19. The number of carbonyl (C=O) groups excluding carboxylic acids is 2. The van der Waals surface area contributed by atoms with Crippen molar-refractivity contribution >= 4 is 11.9 Å². The lowest BCUT2D eigenvalue weighted by atomic mass is 10.0. The number of rotatable bonds is 4. The van der Waals surface area contributed by atoms with Crippen molar-refractivity contribution in [3.63, 3.8) is 0 Å². The Hall–Kier alpha value is -2.47. The number of benzene rings is 1. The Bertz CT molecular complexity index is 645. The van der Waals surface area contributed by atoms with Crippen molar-refractivity contribution in [1.29, 1.82) is 0 Å². The van der Waals surface area contributed by atoms with E-state index < -0.39 is 60.2 Å². The van der Waals surface area contributed by atoms with Gasteiger partial charge in [-0.1, -0.05) is 0 Å². The number of esters is 1. The average Bonchev–Trinajstić information content (AvgIpc) is 2.47. The van der Waals surface area contributed by atoms with Gasteiger partial charge in [-0.05, 0) is 18.2 Å². The van der Waals surface area contributed by atoms with Gasteiger partial charge in [0.15, 0.2) is 6.61 Å². The number of alkyl halides is 9. The molecule has 0 saturated heterocycles. The van der Waals surface area contributed by atoms with Gasteiger partial charge in [-0.25, -0.2) is 4.79 Å². The first-order valence-electron chi connectivity index (χ1n) is 6.39. The van der Waals surface area contributed by atoms with E-state index in [2.05, 4.69) is 4.74 Å². The summed E-state index contributed by atoms with van der Waals surface area (Å²) in [6.45, 7) is -3.09. The highest BCUT2D eigenvalue weighted by Gasteiger charge is 2.37. The maximum atomic E-state index is 12.6. The van der Waals surface area contributed by atoms with Crippen LogP contribution in [0.5, 0.6) is 0 Å². The Morgan fingerprint density at radius 1 is 0.846 bits per heavy atom. The summed E-state index contributed by atoms with van der Waals surface area (Å²) in [5, 5.41) is 1.30.